The Hall–Kier alpha value is -1.43. The number of nitrogens with zero attached hydrogens (tertiary/aromatic N) is 1. The molecule has 2 N–H and O–H groups in total. The van der Waals surface area contributed by atoms with Crippen LogP contribution in [0.25, 0.3) is 6.08 Å². The number of nitrogens with one attached hydrogen (secondary N) is 2. The van der Waals surface area contributed by atoms with Gasteiger partial charge in [0.05, 0.1) is 0 Å². The first-order valence-electron chi connectivity index (χ1n) is 3.77. The van der Waals surface area contributed by atoms with E-state index in [1.807, 2.05) is 0 Å². The second-order valence-electron chi connectivity index (χ2n) is 2.49. The fourth-order valence-electron chi connectivity index (χ4n) is 0.878. The maximum absolute atomic E-state index is 10.9. The molecule has 0 atom stereocenters. The van der Waals surface area contributed by atoms with Crippen LogP contribution >= 0.6 is 15.9 Å². The zero-order valence-corrected chi connectivity index (χ0v) is 8.96. The van der Waals surface area contributed by atoms with Crippen molar-refractivity contribution in [1.82, 2.24) is 9.97 Å². The third-order valence-corrected chi connectivity index (χ3v) is 1.65. The lowest BCUT2D eigenvalue weighted by Crippen LogP contribution is -2.16. The minimum Gasteiger partial charge on any atom is -0.312 e. The van der Waals surface area contributed by atoms with Crippen molar-refractivity contribution in [1.29, 1.82) is 0 Å². The summed E-state index contributed by atoms with van der Waals surface area (Å²) < 4.78 is 0. The van der Waals surface area contributed by atoms with Gasteiger partial charge in [-0.3, -0.25) is 9.78 Å². The Morgan fingerprint density at radius 2 is 2.43 bits per heavy atom. The molecule has 0 aliphatic carbocycles. The van der Waals surface area contributed by atoms with Crippen LogP contribution in [0.15, 0.2) is 16.0 Å². The first kappa shape index (κ1) is 10.6. The standard InChI is InChI=1S/C8H8BrN3O2/c1-5(13)11-7-6(2-3-9)4-10-8(14)12-7/h2-4H,1H3,(H2,10,11,12,13,14). The summed E-state index contributed by atoms with van der Waals surface area (Å²) >= 11 is 3.09. The van der Waals surface area contributed by atoms with E-state index in [1.165, 1.54) is 13.1 Å². The lowest BCUT2D eigenvalue weighted by atomic mass is 10.3. The summed E-state index contributed by atoms with van der Waals surface area (Å²) in [6, 6.07) is 0. The number of aromatic amines is 1. The van der Waals surface area contributed by atoms with Crippen LogP contribution in [0.2, 0.25) is 0 Å². The van der Waals surface area contributed by atoms with E-state index in [-0.39, 0.29) is 5.91 Å². The minimum atomic E-state index is -0.500. The fraction of sp³-hybridized carbons (Fsp3) is 0.125. The first-order valence-corrected chi connectivity index (χ1v) is 4.68. The zero-order chi connectivity index (χ0) is 10.6. The number of rotatable bonds is 2. The average molecular weight is 258 g/mol. The molecule has 0 spiro atoms. The van der Waals surface area contributed by atoms with Crippen molar-refractivity contribution in [2.75, 3.05) is 5.32 Å². The number of carbonyl (C=O) groups excluding carboxylic acids is 1. The Morgan fingerprint density at radius 3 is 3.00 bits per heavy atom. The molecule has 74 valence electrons. The number of aromatic nitrogens is 2. The predicted octanol–water partition coefficient (Wildman–Crippen LogP) is 1.09. The zero-order valence-electron chi connectivity index (χ0n) is 7.37. The average Bonchev–Trinajstić information content (AvgIpc) is 2.09. The van der Waals surface area contributed by atoms with Crippen LogP contribution in [-0.2, 0) is 4.79 Å². The number of hydrogen-bond donors (Lipinski definition) is 2. The van der Waals surface area contributed by atoms with Crippen molar-refractivity contribution >= 4 is 33.7 Å². The van der Waals surface area contributed by atoms with E-state index in [2.05, 4.69) is 31.2 Å². The van der Waals surface area contributed by atoms with Crippen molar-refractivity contribution in [2.24, 2.45) is 0 Å². The molecule has 1 aromatic rings. The van der Waals surface area contributed by atoms with Crippen LogP contribution in [0.5, 0.6) is 0 Å². The van der Waals surface area contributed by atoms with Crippen LogP contribution in [0.3, 0.4) is 0 Å². The first-order chi connectivity index (χ1) is 6.63. The Morgan fingerprint density at radius 1 is 1.71 bits per heavy atom. The van der Waals surface area contributed by atoms with Gasteiger partial charge in [0, 0.05) is 18.7 Å². The van der Waals surface area contributed by atoms with E-state index in [9.17, 15) is 9.59 Å². The van der Waals surface area contributed by atoms with Gasteiger partial charge in [0.15, 0.2) is 0 Å². The molecule has 1 aromatic heterocycles. The fourth-order valence-corrected chi connectivity index (χ4v) is 1.16. The number of amides is 1. The van der Waals surface area contributed by atoms with Gasteiger partial charge >= 0.3 is 5.69 Å². The molecule has 0 aromatic carbocycles. The van der Waals surface area contributed by atoms with Gasteiger partial charge in [-0.05, 0) is 11.1 Å². The third kappa shape index (κ3) is 2.81. The lowest BCUT2D eigenvalue weighted by molar-refractivity contribution is -0.114. The molecule has 0 aliphatic heterocycles. The van der Waals surface area contributed by atoms with Crippen molar-refractivity contribution in [3.8, 4) is 0 Å². The van der Waals surface area contributed by atoms with E-state index in [4.69, 9.17) is 0 Å². The van der Waals surface area contributed by atoms with E-state index in [0.29, 0.717) is 11.4 Å². The molecule has 5 nitrogen and oxygen atoms in total. The maximum atomic E-state index is 10.9. The van der Waals surface area contributed by atoms with E-state index in [1.54, 1.807) is 11.1 Å². The van der Waals surface area contributed by atoms with Crippen LogP contribution < -0.4 is 11.0 Å². The van der Waals surface area contributed by atoms with Gasteiger partial charge in [-0.1, -0.05) is 15.9 Å². The van der Waals surface area contributed by atoms with Gasteiger partial charge in [0.25, 0.3) is 0 Å². The van der Waals surface area contributed by atoms with Gasteiger partial charge in [-0.25, -0.2) is 9.78 Å². The molecule has 1 heterocycles. The van der Waals surface area contributed by atoms with E-state index >= 15 is 0 Å². The summed E-state index contributed by atoms with van der Waals surface area (Å²) in [5.74, 6) is 0.0873. The highest BCUT2D eigenvalue weighted by Crippen LogP contribution is 2.11. The van der Waals surface area contributed by atoms with Gasteiger partial charge < -0.3 is 5.32 Å². The molecule has 0 saturated carbocycles. The topological polar surface area (TPSA) is 74.8 Å². The van der Waals surface area contributed by atoms with Crippen molar-refractivity contribution < 1.29 is 4.79 Å². The molecular weight excluding hydrogens is 250 g/mol. The normalized spacial score (nSPS) is 10.4. The van der Waals surface area contributed by atoms with Crippen LogP contribution in [-0.4, -0.2) is 15.9 Å². The number of H-pyrrole nitrogens is 1. The predicted molar refractivity (Wildman–Crippen MR) is 57.1 cm³/mol. The van der Waals surface area contributed by atoms with Crippen molar-refractivity contribution in [2.45, 2.75) is 6.92 Å². The molecule has 14 heavy (non-hydrogen) atoms. The van der Waals surface area contributed by atoms with Crippen LogP contribution in [0.4, 0.5) is 5.82 Å². The highest BCUT2D eigenvalue weighted by atomic mass is 79.9. The molecule has 0 unspecified atom stereocenters. The molecule has 1 amide bonds. The largest absolute Gasteiger partial charge is 0.346 e. The van der Waals surface area contributed by atoms with E-state index < -0.39 is 5.69 Å². The van der Waals surface area contributed by atoms with Crippen LogP contribution in [0.1, 0.15) is 12.5 Å². The maximum Gasteiger partial charge on any atom is 0.346 e. The number of hydrogen-bond acceptors (Lipinski definition) is 3. The molecule has 6 heteroatoms. The Bertz CT molecular complexity index is 425. The van der Waals surface area contributed by atoms with Crippen molar-refractivity contribution in [3.05, 3.63) is 27.2 Å². The summed E-state index contributed by atoms with van der Waals surface area (Å²) in [5, 5.41) is 2.49. The Labute approximate surface area is 88.4 Å². The smallest absolute Gasteiger partial charge is 0.312 e. The summed E-state index contributed by atoms with van der Waals surface area (Å²) in [7, 11) is 0. The van der Waals surface area contributed by atoms with Gasteiger partial charge in [0.1, 0.15) is 5.82 Å². The second-order valence-corrected chi connectivity index (χ2v) is 3.02. The quantitative estimate of drug-likeness (QED) is 0.833. The highest BCUT2D eigenvalue weighted by Gasteiger charge is 2.02. The summed E-state index contributed by atoms with van der Waals surface area (Å²) in [4.78, 5) is 29.2. The molecule has 1 rings (SSSR count). The number of anilines is 1. The summed E-state index contributed by atoms with van der Waals surface area (Å²) in [6.45, 7) is 1.36. The molecule has 0 radical (unpaired) electrons. The lowest BCUT2D eigenvalue weighted by Gasteiger charge is -2.04. The summed E-state index contributed by atoms with van der Waals surface area (Å²) in [5.41, 5.74) is 0.122. The molecule has 0 fully saturated rings. The minimum absolute atomic E-state index is 0.254. The van der Waals surface area contributed by atoms with Crippen molar-refractivity contribution in [3.63, 3.8) is 0 Å². The van der Waals surface area contributed by atoms with Gasteiger partial charge in [-0.2, -0.15) is 0 Å². The number of carbonyl (C=O) groups is 1. The van der Waals surface area contributed by atoms with Crippen LogP contribution in [0, 0.1) is 0 Å². The number of halogens is 1. The van der Waals surface area contributed by atoms with E-state index in [0.717, 1.165) is 0 Å². The third-order valence-electron chi connectivity index (χ3n) is 1.39. The van der Waals surface area contributed by atoms with Gasteiger partial charge in [-0.15, -0.1) is 0 Å². The Kier molecular flexibility index (Phi) is 3.58. The Balaban J connectivity index is 3.15. The molecule has 0 saturated heterocycles. The highest BCUT2D eigenvalue weighted by molar-refractivity contribution is 9.11. The molecule has 0 aliphatic rings. The molecular formula is C8H8BrN3O2. The van der Waals surface area contributed by atoms with Gasteiger partial charge in [0.2, 0.25) is 5.91 Å². The second kappa shape index (κ2) is 4.71. The SMILES string of the molecule is CC(=O)Nc1[nH]c(=O)ncc1C=CBr. The summed E-state index contributed by atoms with van der Waals surface area (Å²) in [6.07, 6.45) is 3.04. The monoisotopic (exact) mass is 257 g/mol. The molecule has 0 bridgehead atoms.